The van der Waals surface area contributed by atoms with Gasteiger partial charge < -0.3 is 10.1 Å². The molecule has 0 aliphatic carbocycles. The second-order valence-corrected chi connectivity index (χ2v) is 6.19. The summed E-state index contributed by atoms with van der Waals surface area (Å²) in [6, 6.07) is 0. The zero-order valence-corrected chi connectivity index (χ0v) is 12.0. The Hall–Kier alpha value is -1.01. The molecular formula is C12H15NO3S2. The number of anilines is 1. The molecule has 1 N–H and O–H groups in total. The summed E-state index contributed by atoms with van der Waals surface area (Å²) in [5.41, 5.74) is 1.51. The van der Waals surface area contributed by atoms with Crippen molar-refractivity contribution < 1.29 is 14.3 Å². The summed E-state index contributed by atoms with van der Waals surface area (Å²) in [4.78, 5) is 24.1. The van der Waals surface area contributed by atoms with Crippen LogP contribution in [0.3, 0.4) is 0 Å². The molecule has 0 spiro atoms. The first kappa shape index (κ1) is 13.4. The van der Waals surface area contributed by atoms with Gasteiger partial charge in [0.15, 0.2) is 0 Å². The van der Waals surface area contributed by atoms with E-state index in [1.54, 1.807) is 11.8 Å². The van der Waals surface area contributed by atoms with Crippen LogP contribution in [-0.2, 0) is 9.53 Å². The number of thioether (sulfide) groups is 1. The summed E-state index contributed by atoms with van der Waals surface area (Å²) in [6.07, 6.45) is 0.910. The number of nitrogens with one attached hydrogen (secondary N) is 1. The van der Waals surface area contributed by atoms with Crippen molar-refractivity contribution in [1.82, 2.24) is 0 Å². The number of aryl methyl sites for hydroxylation is 1. The van der Waals surface area contributed by atoms with Crippen molar-refractivity contribution in [3.05, 3.63) is 15.8 Å². The van der Waals surface area contributed by atoms with Gasteiger partial charge in [0.25, 0.3) is 0 Å². The number of hydrogen-bond donors (Lipinski definition) is 1. The molecule has 0 aromatic carbocycles. The number of rotatable bonds is 3. The Morgan fingerprint density at radius 2 is 2.28 bits per heavy atom. The largest absolute Gasteiger partial charge is 0.465 e. The first-order valence-electron chi connectivity index (χ1n) is 5.68. The van der Waals surface area contributed by atoms with Gasteiger partial charge in [0.1, 0.15) is 4.88 Å². The molecule has 1 aliphatic heterocycles. The molecule has 0 radical (unpaired) electrons. The monoisotopic (exact) mass is 285 g/mol. The Labute approximate surface area is 114 Å². The van der Waals surface area contributed by atoms with Gasteiger partial charge in [0, 0.05) is 11.7 Å². The van der Waals surface area contributed by atoms with Gasteiger partial charge >= 0.3 is 5.97 Å². The summed E-state index contributed by atoms with van der Waals surface area (Å²) >= 11 is 3.09. The van der Waals surface area contributed by atoms with Crippen molar-refractivity contribution in [2.24, 2.45) is 5.92 Å². The van der Waals surface area contributed by atoms with E-state index in [4.69, 9.17) is 4.74 Å². The molecule has 6 heteroatoms. The number of carbonyl (C=O) groups excluding carboxylic acids is 2. The number of carbonyl (C=O) groups is 2. The molecule has 1 aromatic rings. The Morgan fingerprint density at radius 1 is 1.50 bits per heavy atom. The van der Waals surface area contributed by atoms with Crippen molar-refractivity contribution in [2.75, 3.05) is 23.9 Å². The highest BCUT2D eigenvalue weighted by Crippen LogP contribution is 2.30. The van der Waals surface area contributed by atoms with E-state index in [9.17, 15) is 9.59 Å². The minimum absolute atomic E-state index is 0.00616. The number of methoxy groups -OCH3 is 1. The molecule has 1 atom stereocenters. The quantitative estimate of drug-likeness (QED) is 0.867. The fourth-order valence-electron chi connectivity index (χ4n) is 1.81. The maximum atomic E-state index is 12.1. The minimum atomic E-state index is -0.399. The summed E-state index contributed by atoms with van der Waals surface area (Å²) in [6.45, 7) is 1.88. The Kier molecular flexibility index (Phi) is 4.29. The normalized spacial score (nSPS) is 18.7. The average molecular weight is 285 g/mol. The molecule has 0 saturated carbocycles. The lowest BCUT2D eigenvalue weighted by Gasteiger charge is -2.11. The molecule has 1 aliphatic rings. The topological polar surface area (TPSA) is 55.4 Å². The second-order valence-electron chi connectivity index (χ2n) is 4.16. The third kappa shape index (κ3) is 2.70. The maximum Gasteiger partial charge on any atom is 0.350 e. The van der Waals surface area contributed by atoms with E-state index in [1.165, 1.54) is 18.4 Å². The van der Waals surface area contributed by atoms with E-state index in [0.29, 0.717) is 10.6 Å². The van der Waals surface area contributed by atoms with Gasteiger partial charge in [-0.15, -0.1) is 11.3 Å². The molecular weight excluding hydrogens is 270 g/mol. The maximum absolute atomic E-state index is 12.1. The van der Waals surface area contributed by atoms with Gasteiger partial charge in [0.2, 0.25) is 5.91 Å². The SMILES string of the molecule is COC(=O)c1scc(C)c1NC(=O)C1CCSC1. The van der Waals surface area contributed by atoms with Crippen LogP contribution in [0.5, 0.6) is 0 Å². The number of hydrogen-bond acceptors (Lipinski definition) is 5. The van der Waals surface area contributed by atoms with Crippen LogP contribution in [0.1, 0.15) is 21.7 Å². The highest BCUT2D eigenvalue weighted by molar-refractivity contribution is 7.99. The van der Waals surface area contributed by atoms with E-state index >= 15 is 0 Å². The number of esters is 1. The van der Waals surface area contributed by atoms with Gasteiger partial charge in [-0.3, -0.25) is 4.79 Å². The Balaban J connectivity index is 2.15. The van der Waals surface area contributed by atoms with Crippen LogP contribution >= 0.6 is 23.1 Å². The molecule has 4 nitrogen and oxygen atoms in total. The lowest BCUT2D eigenvalue weighted by Crippen LogP contribution is -2.23. The van der Waals surface area contributed by atoms with Crippen LogP contribution in [0.2, 0.25) is 0 Å². The third-order valence-electron chi connectivity index (χ3n) is 2.89. The molecule has 1 unspecified atom stereocenters. The van der Waals surface area contributed by atoms with Crippen LogP contribution < -0.4 is 5.32 Å². The van der Waals surface area contributed by atoms with Crippen molar-refractivity contribution in [1.29, 1.82) is 0 Å². The van der Waals surface area contributed by atoms with Crippen LogP contribution in [0.25, 0.3) is 0 Å². The van der Waals surface area contributed by atoms with Crippen LogP contribution in [-0.4, -0.2) is 30.5 Å². The molecule has 2 heterocycles. The highest BCUT2D eigenvalue weighted by Gasteiger charge is 2.26. The molecule has 18 heavy (non-hydrogen) atoms. The first-order chi connectivity index (χ1) is 8.63. The summed E-state index contributed by atoms with van der Waals surface area (Å²) in [5, 5.41) is 4.73. The highest BCUT2D eigenvalue weighted by atomic mass is 32.2. The molecule has 1 saturated heterocycles. The summed E-state index contributed by atoms with van der Waals surface area (Å²) in [5.74, 6) is 1.56. The lowest BCUT2D eigenvalue weighted by atomic mass is 10.1. The smallest absolute Gasteiger partial charge is 0.350 e. The predicted molar refractivity (Wildman–Crippen MR) is 74.5 cm³/mol. The van der Waals surface area contributed by atoms with E-state index < -0.39 is 5.97 Å². The van der Waals surface area contributed by atoms with Gasteiger partial charge in [-0.2, -0.15) is 11.8 Å². The fourth-order valence-corrected chi connectivity index (χ4v) is 3.95. The van der Waals surface area contributed by atoms with Gasteiger partial charge in [-0.25, -0.2) is 4.79 Å². The summed E-state index contributed by atoms with van der Waals surface area (Å²) < 4.78 is 4.71. The van der Waals surface area contributed by atoms with E-state index in [2.05, 4.69) is 5.32 Å². The third-order valence-corrected chi connectivity index (χ3v) is 5.13. The minimum Gasteiger partial charge on any atom is -0.465 e. The van der Waals surface area contributed by atoms with Crippen molar-refractivity contribution in [3.63, 3.8) is 0 Å². The molecule has 98 valence electrons. The van der Waals surface area contributed by atoms with Crippen LogP contribution in [0.4, 0.5) is 5.69 Å². The zero-order valence-electron chi connectivity index (χ0n) is 10.3. The number of thiophene rings is 1. The first-order valence-corrected chi connectivity index (χ1v) is 7.72. The standard InChI is InChI=1S/C12H15NO3S2/c1-7-5-18-10(12(15)16-2)9(7)13-11(14)8-3-4-17-6-8/h5,8H,3-4,6H2,1-2H3,(H,13,14). The zero-order chi connectivity index (χ0) is 13.1. The Morgan fingerprint density at radius 3 is 2.89 bits per heavy atom. The van der Waals surface area contributed by atoms with E-state index in [-0.39, 0.29) is 11.8 Å². The molecule has 1 fully saturated rings. The van der Waals surface area contributed by atoms with Crippen molar-refractivity contribution in [3.8, 4) is 0 Å². The van der Waals surface area contributed by atoms with Gasteiger partial charge in [-0.05, 0) is 30.0 Å². The lowest BCUT2D eigenvalue weighted by molar-refractivity contribution is -0.119. The van der Waals surface area contributed by atoms with Crippen LogP contribution in [0, 0.1) is 12.8 Å². The van der Waals surface area contributed by atoms with Gasteiger partial charge in [0.05, 0.1) is 12.8 Å². The number of ether oxygens (including phenoxy) is 1. The van der Waals surface area contributed by atoms with Crippen molar-refractivity contribution in [2.45, 2.75) is 13.3 Å². The molecule has 1 amide bonds. The van der Waals surface area contributed by atoms with Crippen LogP contribution in [0.15, 0.2) is 5.38 Å². The number of amides is 1. The fraction of sp³-hybridized carbons (Fsp3) is 0.500. The molecule has 0 bridgehead atoms. The predicted octanol–water partition coefficient (Wildman–Crippen LogP) is 2.53. The second kappa shape index (κ2) is 5.75. The average Bonchev–Trinajstić information content (AvgIpc) is 2.99. The summed E-state index contributed by atoms with van der Waals surface area (Å²) in [7, 11) is 1.34. The van der Waals surface area contributed by atoms with Crippen molar-refractivity contribution >= 4 is 40.7 Å². The Bertz CT molecular complexity index is 464. The molecule has 1 aromatic heterocycles. The van der Waals surface area contributed by atoms with Gasteiger partial charge in [-0.1, -0.05) is 0 Å². The van der Waals surface area contributed by atoms with E-state index in [0.717, 1.165) is 23.5 Å². The van der Waals surface area contributed by atoms with E-state index in [1.807, 2.05) is 12.3 Å². The molecule has 2 rings (SSSR count).